The second-order valence-corrected chi connectivity index (χ2v) is 12.9. The number of sulfonamides is 1. The van der Waals surface area contributed by atoms with Crippen LogP contribution in [0.1, 0.15) is 91.5 Å². The number of hydrogen-bond acceptors (Lipinski definition) is 7. The molecule has 2 aromatic rings. The third kappa shape index (κ3) is 7.02. The van der Waals surface area contributed by atoms with Crippen LogP contribution in [0.4, 0.5) is 5.00 Å². The molecule has 0 unspecified atom stereocenters. The summed E-state index contributed by atoms with van der Waals surface area (Å²) in [7, 11) is -3.65. The third-order valence-electron chi connectivity index (χ3n) is 6.80. The fourth-order valence-electron chi connectivity index (χ4n) is 4.50. The molecule has 0 aliphatic carbocycles. The number of carbonyl (C=O) groups is 2. The Bertz CT molecular complexity index is 1200. The molecule has 10 heteroatoms. The minimum absolute atomic E-state index is 0.175. The highest BCUT2D eigenvalue weighted by Gasteiger charge is 2.30. The van der Waals surface area contributed by atoms with E-state index in [2.05, 4.69) is 24.1 Å². The SMILES string of the molecule is CCCCN(CCCC)S(=O)(=O)c1ccc(C(=O)Nc2sc3c(c2C(=O)OCC)CCN(C(C)C)C3)cc1. The van der Waals surface area contributed by atoms with E-state index in [-0.39, 0.29) is 11.5 Å². The topological polar surface area (TPSA) is 96.0 Å². The van der Waals surface area contributed by atoms with Gasteiger partial charge in [0.1, 0.15) is 5.00 Å². The molecule has 0 atom stereocenters. The smallest absolute Gasteiger partial charge is 0.341 e. The van der Waals surface area contributed by atoms with E-state index >= 15 is 0 Å². The molecule has 1 N–H and O–H groups in total. The number of hydrogen-bond donors (Lipinski definition) is 1. The molecular weight excluding hydrogens is 522 g/mol. The Kier molecular flexibility index (Phi) is 10.9. The quantitative estimate of drug-likeness (QED) is 0.322. The highest BCUT2D eigenvalue weighted by atomic mass is 32.2. The van der Waals surface area contributed by atoms with Crippen molar-refractivity contribution in [3.05, 3.63) is 45.8 Å². The maximum absolute atomic E-state index is 13.3. The van der Waals surface area contributed by atoms with Gasteiger partial charge in [-0.3, -0.25) is 9.69 Å². The molecule has 38 heavy (non-hydrogen) atoms. The molecule has 1 aromatic heterocycles. The van der Waals surface area contributed by atoms with E-state index in [4.69, 9.17) is 4.74 Å². The van der Waals surface area contributed by atoms with Crippen LogP contribution in [0.5, 0.6) is 0 Å². The number of amides is 1. The molecule has 8 nitrogen and oxygen atoms in total. The van der Waals surface area contributed by atoms with Crippen LogP contribution in [0.3, 0.4) is 0 Å². The number of thiophene rings is 1. The zero-order chi connectivity index (χ0) is 27.9. The lowest BCUT2D eigenvalue weighted by atomic mass is 10.0. The Hall–Kier alpha value is -2.27. The maximum atomic E-state index is 13.3. The van der Waals surface area contributed by atoms with Gasteiger partial charge in [-0.15, -0.1) is 11.3 Å². The number of nitrogens with zero attached hydrogens (tertiary/aromatic N) is 2. The minimum Gasteiger partial charge on any atom is -0.462 e. The number of ether oxygens (including phenoxy) is 1. The number of rotatable bonds is 13. The van der Waals surface area contributed by atoms with Crippen LogP contribution in [0, 0.1) is 0 Å². The number of anilines is 1. The number of fused-ring (bicyclic) bond motifs is 1. The molecular formula is C28H41N3O5S2. The largest absolute Gasteiger partial charge is 0.462 e. The fourth-order valence-corrected chi connectivity index (χ4v) is 7.27. The Morgan fingerprint density at radius 1 is 1.08 bits per heavy atom. The van der Waals surface area contributed by atoms with E-state index < -0.39 is 21.9 Å². The molecule has 0 fully saturated rings. The van der Waals surface area contributed by atoms with Gasteiger partial charge in [-0.1, -0.05) is 26.7 Å². The van der Waals surface area contributed by atoms with Gasteiger partial charge in [0.05, 0.1) is 17.1 Å². The Morgan fingerprint density at radius 2 is 1.71 bits per heavy atom. The normalized spacial score (nSPS) is 14.1. The maximum Gasteiger partial charge on any atom is 0.341 e. The highest BCUT2D eigenvalue weighted by Crippen LogP contribution is 2.38. The van der Waals surface area contributed by atoms with Gasteiger partial charge in [0.15, 0.2) is 0 Å². The van der Waals surface area contributed by atoms with Crippen LogP contribution >= 0.6 is 11.3 Å². The lowest BCUT2D eigenvalue weighted by Gasteiger charge is -2.30. The zero-order valence-corrected chi connectivity index (χ0v) is 24.8. The van der Waals surface area contributed by atoms with Crippen molar-refractivity contribution in [2.75, 3.05) is 31.6 Å². The van der Waals surface area contributed by atoms with Crippen LogP contribution in [-0.4, -0.2) is 61.8 Å². The lowest BCUT2D eigenvalue weighted by molar-refractivity contribution is 0.0526. The van der Waals surface area contributed by atoms with Gasteiger partial charge in [-0.2, -0.15) is 4.31 Å². The summed E-state index contributed by atoms with van der Waals surface area (Å²) in [6.45, 7) is 12.9. The molecule has 0 saturated heterocycles. The van der Waals surface area contributed by atoms with Crippen molar-refractivity contribution in [1.29, 1.82) is 0 Å². The monoisotopic (exact) mass is 563 g/mol. The standard InChI is InChI=1S/C28H41N3O5S2/c1-6-9-16-31(17-10-7-2)38(34,35)22-13-11-21(12-14-22)26(32)29-27-25(28(33)36-8-3)23-15-18-30(20(4)5)19-24(23)37-27/h11-14,20H,6-10,15-19H2,1-5H3,(H,29,32). The van der Waals surface area contributed by atoms with Gasteiger partial charge < -0.3 is 10.1 Å². The van der Waals surface area contributed by atoms with Gasteiger partial charge in [0.2, 0.25) is 10.0 Å². The van der Waals surface area contributed by atoms with Crippen LogP contribution in [0.15, 0.2) is 29.2 Å². The van der Waals surface area contributed by atoms with Crippen LogP contribution in [-0.2, 0) is 27.7 Å². The van der Waals surface area contributed by atoms with Crippen LogP contribution in [0.2, 0.25) is 0 Å². The molecule has 1 amide bonds. The van der Waals surface area contributed by atoms with Crippen LogP contribution in [0.25, 0.3) is 0 Å². The molecule has 1 aliphatic heterocycles. The summed E-state index contributed by atoms with van der Waals surface area (Å²) >= 11 is 1.41. The number of nitrogens with one attached hydrogen (secondary N) is 1. The van der Waals surface area contributed by atoms with Gasteiger partial charge in [0.25, 0.3) is 5.91 Å². The Balaban J connectivity index is 1.83. The summed E-state index contributed by atoms with van der Waals surface area (Å²) < 4.78 is 33.4. The van der Waals surface area contributed by atoms with Crippen molar-refractivity contribution >= 4 is 38.2 Å². The molecule has 3 rings (SSSR count). The van der Waals surface area contributed by atoms with Crippen molar-refractivity contribution in [3.8, 4) is 0 Å². The minimum atomic E-state index is -3.65. The second-order valence-electron chi connectivity index (χ2n) is 9.83. The van der Waals surface area contributed by atoms with Gasteiger partial charge in [-0.05, 0) is 69.9 Å². The van der Waals surface area contributed by atoms with Crippen molar-refractivity contribution < 1.29 is 22.7 Å². The first-order valence-corrected chi connectivity index (χ1v) is 15.9. The van der Waals surface area contributed by atoms with Gasteiger partial charge in [0, 0.05) is 42.7 Å². The van der Waals surface area contributed by atoms with Crippen molar-refractivity contribution in [2.24, 2.45) is 0 Å². The second kappa shape index (κ2) is 13.7. The summed E-state index contributed by atoms with van der Waals surface area (Å²) in [5, 5.41) is 3.38. The number of unbranched alkanes of at least 4 members (excludes halogenated alkanes) is 2. The molecule has 0 bridgehead atoms. The molecule has 2 heterocycles. The van der Waals surface area contributed by atoms with E-state index in [9.17, 15) is 18.0 Å². The molecule has 0 radical (unpaired) electrons. The third-order valence-corrected chi connectivity index (χ3v) is 9.84. The van der Waals surface area contributed by atoms with Crippen LogP contribution < -0.4 is 5.32 Å². The predicted molar refractivity (Wildman–Crippen MR) is 152 cm³/mol. The average Bonchev–Trinajstić information content (AvgIpc) is 3.25. The Labute approximate surface area is 231 Å². The van der Waals surface area contributed by atoms with Gasteiger partial charge >= 0.3 is 5.97 Å². The zero-order valence-electron chi connectivity index (χ0n) is 23.2. The Morgan fingerprint density at radius 3 is 2.26 bits per heavy atom. The molecule has 0 saturated carbocycles. The number of esters is 1. The first-order chi connectivity index (χ1) is 18.1. The summed E-state index contributed by atoms with van der Waals surface area (Å²) in [6, 6.07) is 6.41. The molecule has 1 aliphatic rings. The first kappa shape index (κ1) is 30.3. The van der Waals surface area contributed by atoms with E-state index in [1.54, 1.807) is 6.92 Å². The van der Waals surface area contributed by atoms with E-state index in [1.807, 2.05) is 13.8 Å². The summed E-state index contributed by atoms with van der Waals surface area (Å²) in [6.07, 6.45) is 4.13. The summed E-state index contributed by atoms with van der Waals surface area (Å²) in [5.41, 5.74) is 1.70. The van der Waals surface area contributed by atoms with Crippen molar-refractivity contribution in [2.45, 2.75) is 84.2 Å². The molecule has 0 spiro atoms. The number of carbonyl (C=O) groups excluding carboxylic acids is 2. The molecule has 1 aromatic carbocycles. The van der Waals surface area contributed by atoms with E-state index in [1.165, 1.54) is 39.9 Å². The van der Waals surface area contributed by atoms with Crippen molar-refractivity contribution in [1.82, 2.24) is 9.21 Å². The average molecular weight is 564 g/mol. The first-order valence-electron chi connectivity index (χ1n) is 13.6. The van der Waals surface area contributed by atoms with Crippen molar-refractivity contribution in [3.63, 3.8) is 0 Å². The number of benzene rings is 1. The van der Waals surface area contributed by atoms with E-state index in [0.29, 0.717) is 41.7 Å². The highest BCUT2D eigenvalue weighted by molar-refractivity contribution is 7.89. The van der Waals surface area contributed by atoms with E-state index in [0.717, 1.165) is 49.2 Å². The summed E-state index contributed by atoms with van der Waals surface area (Å²) in [5.74, 6) is -0.827. The molecule has 210 valence electrons. The predicted octanol–water partition coefficient (Wildman–Crippen LogP) is 5.53. The fraction of sp³-hybridized carbons (Fsp3) is 0.571. The summed E-state index contributed by atoms with van der Waals surface area (Å²) in [4.78, 5) is 29.6. The van der Waals surface area contributed by atoms with Gasteiger partial charge in [-0.25, -0.2) is 13.2 Å². The lowest BCUT2D eigenvalue weighted by Crippen LogP contribution is -2.35.